The number of anilines is 1. The van der Waals surface area contributed by atoms with E-state index in [1.807, 2.05) is 37.3 Å². The number of nitrogens with one attached hydrogen (secondary N) is 2. The molecule has 0 saturated carbocycles. The van der Waals surface area contributed by atoms with E-state index in [1.165, 1.54) is 0 Å². The van der Waals surface area contributed by atoms with Gasteiger partial charge in [0.1, 0.15) is 6.17 Å². The minimum atomic E-state index is -1.70. The molecule has 0 aliphatic carbocycles. The molecule has 116 valence electrons. The SMILES string of the molecule is Cc1ccc(NC(NC(=O)c2ccccc2)C(Cl)(Cl)Cl)cc1. The molecular formula is C16H15Cl3N2O. The third kappa shape index (κ3) is 4.80. The van der Waals surface area contributed by atoms with Gasteiger partial charge in [0, 0.05) is 11.3 Å². The van der Waals surface area contributed by atoms with E-state index in [2.05, 4.69) is 10.6 Å². The average molecular weight is 358 g/mol. The fourth-order valence-corrected chi connectivity index (χ4v) is 2.15. The molecule has 2 aromatic rings. The number of carbonyl (C=O) groups excluding carboxylic acids is 1. The lowest BCUT2D eigenvalue weighted by Crippen LogP contribution is -2.49. The lowest BCUT2D eigenvalue weighted by Gasteiger charge is -2.27. The minimum Gasteiger partial charge on any atom is -0.362 e. The zero-order valence-electron chi connectivity index (χ0n) is 11.8. The summed E-state index contributed by atoms with van der Waals surface area (Å²) in [5.41, 5.74) is 2.35. The van der Waals surface area contributed by atoms with Gasteiger partial charge in [-0.2, -0.15) is 0 Å². The van der Waals surface area contributed by atoms with Crippen molar-refractivity contribution in [2.75, 3.05) is 5.32 Å². The van der Waals surface area contributed by atoms with Gasteiger partial charge in [0.25, 0.3) is 5.91 Å². The van der Waals surface area contributed by atoms with Crippen LogP contribution in [0.3, 0.4) is 0 Å². The van der Waals surface area contributed by atoms with Gasteiger partial charge in [-0.05, 0) is 31.2 Å². The van der Waals surface area contributed by atoms with E-state index in [1.54, 1.807) is 24.3 Å². The molecule has 2 aromatic carbocycles. The van der Waals surface area contributed by atoms with E-state index in [9.17, 15) is 4.79 Å². The molecule has 2 N–H and O–H groups in total. The Balaban J connectivity index is 2.13. The van der Waals surface area contributed by atoms with Gasteiger partial charge in [-0.15, -0.1) is 0 Å². The zero-order valence-corrected chi connectivity index (χ0v) is 14.1. The van der Waals surface area contributed by atoms with Crippen molar-refractivity contribution >= 4 is 46.4 Å². The predicted octanol–water partition coefficient (Wildman–Crippen LogP) is 4.53. The summed E-state index contributed by atoms with van der Waals surface area (Å²) >= 11 is 17.9. The van der Waals surface area contributed by atoms with E-state index in [0.717, 1.165) is 11.3 Å². The van der Waals surface area contributed by atoms with Gasteiger partial charge in [0.05, 0.1) is 0 Å². The molecule has 1 unspecified atom stereocenters. The van der Waals surface area contributed by atoms with Gasteiger partial charge in [-0.25, -0.2) is 0 Å². The van der Waals surface area contributed by atoms with Crippen molar-refractivity contribution < 1.29 is 4.79 Å². The second-order valence-corrected chi connectivity index (χ2v) is 7.19. The van der Waals surface area contributed by atoms with Gasteiger partial charge >= 0.3 is 0 Å². The number of rotatable bonds is 4. The second kappa shape index (κ2) is 7.23. The number of aryl methyl sites for hydroxylation is 1. The number of carbonyl (C=O) groups is 1. The number of halogens is 3. The zero-order chi connectivity index (χ0) is 16.2. The van der Waals surface area contributed by atoms with Crippen LogP contribution in [0.4, 0.5) is 5.69 Å². The van der Waals surface area contributed by atoms with Crippen LogP contribution in [0.1, 0.15) is 15.9 Å². The Kier molecular flexibility index (Phi) is 5.57. The molecular weight excluding hydrogens is 343 g/mol. The third-order valence-electron chi connectivity index (χ3n) is 3.00. The molecule has 0 radical (unpaired) electrons. The van der Waals surface area contributed by atoms with Gasteiger partial charge in [0.2, 0.25) is 3.79 Å². The standard InChI is InChI=1S/C16H15Cl3N2O/c1-11-7-9-13(10-8-11)20-15(16(17,18)19)21-14(22)12-5-3-2-4-6-12/h2-10,15,20H,1H3,(H,21,22). The van der Waals surface area contributed by atoms with Crippen LogP contribution in [-0.4, -0.2) is 15.9 Å². The van der Waals surface area contributed by atoms with Crippen molar-refractivity contribution in [3.63, 3.8) is 0 Å². The van der Waals surface area contributed by atoms with Crippen molar-refractivity contribution in [1.82, 2.24) is 5.32 Å². The van der Waals surface area contributed by atoms with Crippen LogP contribution in [-0.2, 0) is 0 Å². The van der Waals surface area contributed by atoms with Crippen molar-refractivity contribution in [3.05, 3.63) is 65.7 Å². The van der Waals surface area contributed by atoms with Crippen LogP contribution >= 0.6 is 34.8 Å². The van der Waals surface area contributed by atoms with Crippen molar-refractivity contribution in [2.45, 2.75) is 16.9 Å². The first-order chi connectivity index (χ1) is 10.4. The van der Waals surface area contributed by atoms with Crippen LogP contribution in [0, 0.1) is 6.92 Å². The highest BCUT2D eigenvalue weighted by molar-refractivity contribution is 6.68. The highest BCUT2D eigenvalue weighted by Gasteiger charge is 2.34. The Morgan fingerprint density at radius 2 is 1.59 bits per heavy atom. The van der Waals surface area contributed by atoms with Gasteiger partial charge < -0.3 is 10.6 Å². The van der Waals surface area contributed by atoms with Gasteiger partial charge in [-0.1, -0.05) is 70.7 Å². The lowest BCUT2D eigenvalue weighted by atomic mass is 10.2. The molecule has 0 aromatic heterocycles. The molecule has 0 aliphatic heterocycles. The number of alkyl halides is 3. The van der Waals surface area contributed by atoms with Crippen LogP contribution in [0.2, 0.25) is 0 Å². The highest BCUT2D eigenvalue weighted by Crippen LogP contribution is 2.31. The van der Waals surface area contributed by atoms with Crippen molar-refractivity contribution in [3.8, 4) is 0 Å². The molecule has 0 heterocycles. The summed E-state index contributed by atoms with van der Waals surface area (Å²) in [6, 6.07) is 16.3. The number of hydrogen-bond acceptors (Lipinski definition) is 2. The Morgan fingerprint density at radius 3 is 2.14 bits per heavy atom. The first kappa shape index (κ1) is 16.9. The Bertz CT molecular complexity index is 624. The summed E-state index contributed by atoms with van der Waals surface area (Å²) < 4.78 is -1.70. The smallest absolute Gasteiger partial charge is 0.252 e. The molecule has 1 atom stereocenters. The van der Waals surface area contributed by atoms with Crippen molar-refractivity contribution in [1.29, 1.82) is 0 Å². The molecule has 0 spiro atoms. The maximum atomic E-state index is 12.2. The molecule has 0 fully saturated rings. The second-order valence-electron chi connectivity index (χ2n) is 4.82. The molecule has 0 saturated heterocycles. The van der Waals surface area contributed by atoms with Gasteiger partial charge in [-0.3, -0.25) is 4.79 Å². The summed E-state index contributed by atoms with van der Waals surface area (Å²) in [6.07, 6.45) is -0.868. The maximum Gasteiger partial charge on any atom is 0.252 e. The maximum absolute atomic E-state index is 12.2. The Hall–Kier alpha value is -1.42. The number of amides is 1. The van der Waals surface area contributed by atoms with Crippen molar-refractivity contribution in [2.24, 2.45) is 0 Å². The Labute approximate surface area is 144 Å². The number of hydrogen-bond donors (Lipinski definition) is 2. The Morgan fingerprint density at radius 1 is 1.00 bits per heavy atom. The lowest BCUT2D eigenvalue weighted by molar-refractivity contribution is 0.0942. The molecule has 3 nitrogen and oxygen atoms in total. The molecule has 2 rings (SSSR count). The molecule has 0 aliphatic rings. The van der Waals surface area contributed by atoms with Crippen LogP contribution in [0.25, 0.3) is 0 Å². The molecule has 0 bridgehead atoms. The van der Waals surface area contributed by atoms with E-state index in [-0.39, 0.29) is 5.91 Å². The highest BCUT2D eigenvalue weighted by atomic mass is 35.6. The van der Waals surface area contributed by atoms with Gasteiger partial charge in [0.15, 0.2) is 0 Å². The third-order valence-corrected chi connectivity index (χ3v) is 3.66. The quantitative estimate of drug-likeness (QED) is 0.623. The first-order valence-electron chi connectivity index (χ1n) is 6.62. The largest absolute Gasteiger partial charge is 0.362 e. The minimum absolute atomic E-state index is 0.323. The fourth-order valence-electron chi connectivity index (χ4n) is 1.82. The summed E-state index contributed by atoms with van der Waals surface area (Å²) in [6.45, 7) is 1.98. The molecule has 1 amide bonds. The fraction of sp³-hybridized carbons (Fsp3) is 0.188. The summed E-state index contributed by atoms with van der Waals surface area (Å²) in [5, 5.41) is 5.71. The average Bonchev–Trinajstić information content (AvgIpc) is 2.48. The monoisotopic (exact) mass is 356 g/mol. The van der Waals surface area contributed by atoms with E-state index < -0.39 is 9.96 Å². The van der Waals surface area contributed by atoms with Crippen LogP contribution in [0.15, 0.2) is 54.6 Å². The van der Waals surface area contributed by atoms with Crippen LogP contribution in [0.5, 0.6) is 0 Å². The van der Waals surface area contributed by atoms with E-state index in [4.69, 9.17) is 34.8 Å². The summed E-state index contributed by atoms with van der Waals surface area (Å²) in [4.78, 5) is 12.2. The van der Waals surface area contributed by atoms with Crippen LogP contribution < -0.4 is 10.6 Å². The van der Waals surface area contributed by atoms with E-state index in [0.29, 0.717) is 5.56 Å². The summed E-state index contributed by atoms with van der Waals surface area (Å²) in [7, 11) is 0. The van der Waals surface area contributed by atoms with E-state index >= 15 is 0 Å². The topological polar surface area (TPSA) is 41.1 Å². The molecule has 6 heteroatoms. The first-order valence-corrected chi connectivity index (χ1v) is 7.75. The normalized spacial score (nSPS) is 12.5. The summed E-state index contributed by atoms with van der Waals surface area (Å²) in [5.74, 6) is -0.323. The number of benzene rings is 2. The molecule has 22 heavy (non-hydrogen) atoms. The predicted molar refractivity (Wildman–Crippen MR) is 92.8 cm³/mol.